The topological polar surface area (TPSA) is 80.8 Å². The van der Waals surface area contributed by atoms with Crippen LogP contribution in [0, 0.1) is 17.5 Å². The summed E-state index contributed by atoms with van der Waals surface area (Å²) >= 11 is 7.42. The first-order valence-corrected chi connectivity index (χ1v) is 14.1. The van der Waals surface area contributed by atoms with Gasteiger partial charge in [-0.25, -0.2) is 30.9 Å². The molecule has 4 aromatic rings. The van der Waals surface area contributed by atoms with Gasteiger partial charge in [0.25, 0.3) is 10.0 Å². The molecule has 0 saturated heterocycles. The van der Waals surface area contributed by atoms with Crippen LogP contribution in [-0.4, -0.2) is 27.6 Å². The van der Waals surface area contributed by atoms with Gasteiger partial charge in [-0.2, -0.15) is 0 Å². The number of methoxy groups -OCH3 is 2. The minimum absolute atomic E-state index is 0.0296. The van der Waals surface area contributed by atoms with Gasteiger partial charge in [0.1, 0.15) is 33.8 Å². The van der Waals surface area contributed by atoms with Crippen molar-refractivity contribution in [2.75, 3.05) is 23.8 Å². The molecule has 1 heterocycles. The molecule has 13 heteroatoms. The Morgan fingerprint density at radius 1 is 1.05 bits per heavy atom. The van der Waals surface area contributed by atoms with E-state index in [1.807, 2.05) is 0 Å². The Bertz CT molecular complexity index is 1590. The highest BCUT2D eigenvalue weighted by Crippen LogP contribution is 2.36. The van der Waals surface area contributed by atoms with Gasteiger partial charge in [0.15, 0.2) is 5.13 Å². The molecule has 39 heavy (non-hydrogen) atoms. The first kappa shape index (κ1) is 28.5. The molecule has 0 fully saturated rings. The number of aromatic nitrogens is 1. The lowest BCUT2D eigenvalue weighted by Gasteiger charge is -2.24. The van der Waals surface area contributed by atoms with E-state index in [0.29, 0.717) is 17.1 Å². The number of hydrogen-bond donors (Lipinski definition) is 1. The number of halogens is 4. The van der Waals surface area contributed by atoms with E-state index in [4.69, 9.17) is 21.1 Å². The van der Waals surface area contributed by atoms with Crippen molar-refractivity contribution in [2.45, 2.75) is 24.4 Å². The van der Waals surface area contributed by atoms with Crippen molar-refractivity contribution < 1.29 is 31.1 Å². The first-order valence-electron chi connectivity index (χ1n) is 11.4. The van der Waals surface area contributed by atoms with Crippen LogP contribution >= 0.6 is 22.9 Å². The molecular weight excluding hydrogens is 575 g/mol. The summed E-state index contributed by atoms with van der Waals surface area (Å²) < 4.78 is 82.0. The number of sulfonamides is 1. The summed E-state index contributed by atoms with van der Waals surface area (Å²) in [6.07, 6.45) is 1.43. The molecule has 3 aromatic carbocycles. The van der Waals surface area contributed by atoms with E-state index < -0.39 is 38.4 Å². The fourth-order valence-electron chi connectivity index (χ4n) is 3.85. The Kier molecular flexibility index (Phi) is 8.57. The van der Waals surface area contributed by atoms with Crippen molar-refractivity contribution in [3.63, 3.8) is 0 Å². The summed E-state index contributed by atoms with van der Waals surface area (Å²) in [4.78, 5) is 3.44. The maximum absolute atomic E-state index is 15.4. The summed E-state index contributed by atoms with van der Waals surface area (Å²) in [5.74, 6) is -1.74. The Labute approximate surface area is 232 Å². The van der Waals surface area contributed by atoms with Gasteiger partial charge in [-0.05, 0) is 37.3 Å². The van der Waals surface area contributed by atoms with E-state index in [-0.39, 0.29) is 27.9 Å². The van der Waals surface area contributed by atoms with Crippen LogP contribution in [-0.2, 0) is 16.6 Å². The van der Waals surface area contributed by atoms with Crippen LogP contribution in [0.25, 0.3) is 0 Å². The molecule has 0 spiro atoms. The van der Waals surface area contributed by atoms with Gasteiger partial charge in [-0.3, -0.25) is 0 Å². The smallest absolute Gasteiger partial charge is 0.269 e. The standard InChI is InChI=1S/C26H23ClF3N3O4S2/c1-15(19-7-5-17(28)10-21(19)29)32-23-13-22(30)25(12-20(23)27)39(34,35)33(26-31-8-9-38-26)14-16-4-6-18(36-2)11-24(16)37-3/h4-13,15,32H,14H2,1-3H3. The van der Waals surface area contributed by atoms with E-state index in [1.54, 1.807) is 30.5 Å². The maximum atomic E-state index is 15.4. The van der Waals surface area contributed by atoms with Crippen LogP contribution in [0.4, 0.5) is 24.0 Å². The fourth-order valence-corrected chi connectivity index (χ4v) is 6.48. The van der Waals surface area contributed by atoms with E-state index in [1.165, 1.54) is 26.5 Å². The zero-order valence-corrected chi connectivity index (χ0v) is 23.3. The zero-order valence-electron chi connectivity index (χ0n) is 20.9. The molecule has 0 aliphatic carbocycles. The third-order valence-corrected chi connectivity index (χ3v) is 8.81. The van der Waals surface area contributed by atoms with Gasteiger partial charge in [0.2, 0.25) is 0 Å². The molecule has 1 atom stereocenters. The number of benzene rings is 3. The molecule has 1 N–H and O–H groups in total. The van der Waals surface area contributed by atoms with Gasteiger partial charge < -0.3 is 14.8 Å². The van der Waals surface area contributed by atoms with Crippen LogP contribution in [0.3, 0.4) is 0 Å². The summed E-state index contributed by atoms with van der Waals surface area (Å²) in [5.41, 5.74) is 0.631. The fraction of sp³-hybridized carbons (Fsp3) is 0.192. The normalized spacial score (nSPS) is 12.2. The third-order valence-electron chi connectivity index (χ3n) is 5.83. The predicted octanol–water partition coefficient (Wildman–Crippen LogP) is 6.80. The number of ether oxygens (including phenoxy) is 2. The lowest BCUT2D eigenvalue weighted by atomic mass is 10.1. The van der Waals surface area contributed by atoms with E-state index in [0.717, 1.165) is 39.9 Å². The van der Waals surface area contributed by atoms with Crippen LogP contribution in [0.15, 0.2) is 65.0 Å². The average molecular weight is 598 g/mol. The summed E-state index contributed by atoms with van der Waals surface area (Å²) in [7, 11) is -1.60. The Balaban J connectivity index is 1.70. The van der Waals surface area contributed by atoms with Gasteiger partial charge in [0, 0.05) is 34.8 Å². The molecule has 1 unspecified atom stereocenters. The molecule has 4 rings (SSSR count). The van der Waals surface area contributed by atoms with Crippen LogP contribution in [0.2, 0.25) is 5.02 Å². The molecule has 0 radical (unpaired) electrons. The quantitative estimate of drug-likeness (QED) is 0.217. The van der Waals surface area contributed by atoms with Crippen molar-refractivity contribution in [3.05, 3.63) is 93.7 Å². The number of anilines is 2. The molecule has 0 saturated carbocycles. The molecule has 0 amide bonds. The highest BCUT2D eigenvalue weighted by atomic mass is 35.5. The first-order chi connectivity index (χ1) is 18.5. The summed E-state index contributed by atoms with van der Waals surface area (Å²) in [5, 5.41) is 4.42. The van der Waals surface area contributed by atoms with E-state index in [9.17, 15) is 17.2 Å². The lowest BCUT2D eigenvalue weighted by Crippen LogP contribution is -2.31. The van der Waals surface area contributed by atoms with E-state index >= 15 is 4.39 Å². The SMILES string of the molecule is COc1ccc(CN(c2nccs2)S(=O)(=O)c2cc(Cl)c(NC(C)c3ccc(F)cc3F)cc2F)c(OC)c1. The van der Waals surface area contributed by atoms with Crippen molar-refractivity contribution in [2.24, 2.45) is 0 Å². The number of nitrogens with one attached hydrogen (secondary N) is 1. The Hall–Kier alpha value is -3.48. The molecule has 0 bridgehead atoms. The minimum atomic E-state index is -4.52. The van der Waals surface area contributed by atoms with Gasteiger partial charge in [-0.1, -0.05) is 17.7 Å². The Morgan fingerprint density at radius 2 is 1.82 bits per heavy atom. The summed E-state index contributed by atoms with van der Waals surface area (Å²) in [6, 6.07) is 9.13. The van der Waals surface area contributed by atoms with Gasteiger partial charge >= 0.3 is 0 Å². The number of nitrogens with zero attached hydrogens (tertiary/aromatic N) is 2. The largest absolute Gasteiger partial charge is 0.497 e. The van der Waals surface area contributed by atoms with Crippen molar-refractivity contribution in [1.29, 1.82) is 0 Å². The average Bonchev–Trinajstić information content (AvgIpc) is 3.43. The number of rotatable bonds is 10. The van der Waals surface area contributed by atoms with Crippen LogP contribution < -0.4 is 19.1 Å². The van der Waals surface area contributed by atoms with Crippen molar-refractivity contribution in [1.82, 2.24) is 4.98 Å². The van der Waals surface area contributed by atoms with Crippen LogP contribution in [0.1, 0.15) is 24.1 Å². The van der Waals surface area contributed by atoms with E-state index in [2.05, 4.69) is 10.3 Å². The second-order valence-electron chi connectivity index (χ2n) is 8.30. The third kappa shape index (κ3) is 6.07. The zero-order chi connectivity index (χ0) is 28.3. The Morgan fingerprint density at radius 3 is 2.46 bits per heavy atom. The highest BCUT2D eigenvalue weighted by Gasteiger charge is 2.32. The number of hydrogen-bond acceptors (Lipinski definition) is 7. The van der Waals surface area contributed by atoms with Gasteiger partial charge in [0.05, 0.1) is 37.5 Å². The molecular formula is C26H23ClF3N3O4S2. The van der Waals surface area contributed by atoms with Crippen molar-refractivity contribution >= 4 is 43.8 Å². The molecule has 1 aromatic heterocycles. The van der Waals surface area contributed by atoms with Gasteiger partial charge in [-0.15, -0.1) is 11.3 Å². The number of thiazole rings is 1. The van der Waals surface area contributed by atoms with Crippen molar-refractivity contribution in [3.8, 4) is 11.5 Å². The maximum Gasteiger partial charge on any atom is 0.269 e. The molecule has 206 valence electrons. The summed E-state index contributed by atoms with van der Waals surface area (Å²) in [6.45, 7) is 1.35. The lowest BCUT2D eigenvalue weighted by molar-refractivity contribution is 0.391. The molecule has 0 aliphatic rings. The molecule has 7 nitrogen and oxygen atoms in total. The monoisotopic (exact) mass is 597 g/mol. The molecule has 0 aliphatic heterocycles. The highest BCUT2D eigenvalue weighted by molar-refractivity contribution is 7.93. The second kappa shape index (κ2) is 11.7. The second-order valence-corrected chi connectivity index (χ2v) is 11.4. The predicted molar refractivity (Wildman–Crippen MR) is 145 cm³/mol. The minimum Gasteiger partial charge on any atom is -0.497 e. The van der Waals surface area contributed by atoms with Crippen LogP contribution in [0.5, 0.6) is 11.5 Å².